The Hall–Kier alpha value is -0.610. The summed E-state index contributed by atoms with van der Waals surface area (Å²) in [5.74, 6) is 0.304. The minimum atomic E-state index is 0.129. The van der Waals surface area contributed by atoms with Gasteiger partial charge in [0.15, 0.2) is 0 Å². The first-order chi connectivity index (χ1) is 9.47. The van der Waals surface area contributed by atoms with E-state index >= 15 is 0 Å². The SMILES string of the molecule is CC(C)N1CCC(N(C)C(=O)CC2(CN)CCC2)CC1. The molecule has 0 atom stereocenters. The molecule has 4 nitrogen and oxygen atoms in total. The summed E-state index contributed by atoms with van der Waals surface area (Å²) in [7, 11) is 1.99. The lowest BCUT2D eigenvalue weighted by Crippen LogP contribution is -2.49. The summed E-state index contributed by atoms with van der Waals surface area (Å²) >= 11 is 0. The molecule has 0 radical (unpaired) electrons. The van der Waals surface area contributed by atoms with E-state index in [1.54, 1.807) is 0 Å². The Balaban J connectivity index is 1.82. The van der Waals surface area contributed by atoms with E-state index in [0.717, 1.165) is 38.8 Å². The van der Waals surface area contributed by atoms with Crippen molar-refractivity contribution in [1.82, 2.24) is 9.80 Å². The second kappa shape index (κ2) is 6.44. The zero-order valence-electron chi connectivity index (χ0n) is 13.4. The summed E-state index contributed by atoms with van der Waals surface area (Å²) < 4.78 is 0. The maximum atomic E-state index is 12.5. The zero-order chi connectivity index (χ0) is 14.8. The van der Waals surface area contributed by atoms with Gasteiger partial charge in [-0.2, -0.15) is 0 Å². The Bertz CT molecular complexity index is 325. The quantitative estimate of drug-likeness (QED) is 0.836. The van der Waals surface area contributed by atoms with Gasteiger partial charge >= 0.3 is 0 Å². The highest BCUT2D eigenvalue weighted by Crippen LogP contribution is 2.43. The number of carbonyl (C=O) groups excluding carboxylic acids is 1. The van der Waals surface area contributed by atoms with Crippen molar-refractivity contribution < 1.29 is 4.79 Å². The van der Waals surface area contributed by atoms with Crippen molar-refractivity contribution in [3.05, 3.63) is 0 Å². The molecule has 2 aliphatic rings. The molecule has 0 aromatic heterocycles. The van der Waals surface area contributed by atoms with Crippen LogP contribution >= 0.6 is 0 Å². The third kappa shape index (κ3) is 3.34. The van der Waals surface area contributed by atoms with Gasteiger partial charge in [-0.15, -0.1) is 0 Å². The van der Waals surface area contributed by atoms with Gasteiger partial charge in [0.1, 0.15) is 0 Å². The first kappa shape index (κ1) is 15.8. The van der Waals surface area contributed by atoms with Gasteiger partial charge in [0, 0.05) is 38.6 Å². The molecule has 0 aromatic carbocycles. The summed E-state index contributed by atoms with van der Waals surface area (Å²) in [5.41, 5.74) is 6.00. The molecule has 2 rings (SSSR count). The van der Waals surface area contributed by atoms with Crippen molar-refractivity contribution in [2.24, 2.45) is 11.1 Å². The molecule has 1 saturated heterocycles. The van der Waals surface area contributed by atoms with Gasteiger partial charge in [-0.25, -0.2) is 0 Å². The summed E-state index contributed by atoms with van der Waals surface area (Å²) in [5, 5.41) is 0. The Morgan fingerprint density at radius 1 is 1.35 bits per heavy atom. The summed E-state index contributed by atoms with van der Waals surface area (Å²) in [6, 6.07) is 1.04. The van der Waals surface area contributed by atoms with Crippen LogP contribution in [0.2, 0.25) is 0 Å². The second-order valence-electron chi connectivity index (χ2n) is 7.10. The lowest BCUT2D eigenvalue weighted by atomic mass is 9.66. The molecular formula is C16H31N3O. The van der Waals surface area contributed by atoms with Crippen LogP contribution in [0.5, 0.6) is 0 Å². The molecule has 116 valence electrons. The van der Waals surface area contributed by atoms with E-state index in [1.165, 1.54) is 6.42 Å². The lowest BCUT2D eigenvalue weighted by Gasteiger charge is -2.43. The van der Waals surface area contributed by atoms with Crippen molar-refractivity contribution in [2.75, 3.05) is 26.7 Å². The van der Waals surface area contributed by atoms with Crippen molar-refractivity contribution in [1.29, 1.82) is 0 Å². The number of hydrogen-bond acceptors (Lipinski definition) is 3. The third-order valence-electron chi connectivity index (χ3n) is 5.54. The number of nitrogens with two attached hydrogens (primary N) is 1. The maximum Gasteiger partial charge on any atom is 0.223 e. The molecule has 0 aromatic rings. The monoisotopic (exact) mass is 281 g/mol. The predicted octanol–water partition coefficient (Wildman–Crippen LogP) is 1.84. The molecule has 1 heterocycles. The minimum Gasteiger partial charge on any atom is -0.343 e. The van der Waals surface area contributed by atoms with Gasteiger partial charge in [0.25, 0.3) is 0 Å². The molecule has 0 bridgehead atoms. The van der Waals surface area contributed by atoms with Crippen LogP contribution in [-0.4, -0.2) is 54.5 Å². The molecule has 20 heavy (non-hydrogen) atoms. The Labute approximate surface area is 123 Å². The highest BCUT2D eigenvalue weighted by molar-refractivity contribution is 5.77. The first-order valence-corrected chi connectivity index (χ1v) is 8.17. The van der Waals surface area contributed by atoms with Gasteiger partial charge in [0.2, 0.25) is 5.91 Å². The van der Waals surface area contributed by atoms with Crippen molar-refractivity contribution in [3.8, 4) is 0 Å². The number of likely N-dealkylation sites (tertiary alicyclic amines) is 1. The number of rotatable bonds is 5. The Kier molecular flexibility index (Phi) is 5.08. The topological polar surface area (TPSA) is 49.6 Å². The molecule has 1 saturated carbocycles. The highest BCUT2D eigenvalue weighted by Gasteiger charge is 2.39. The van der Waals surface area contributed by atoms with Crippen LogP contribution in [0, 0.1) is 5.41 Å². The van der Waals surface area contributed by atoms with Crippen LogP contribution in [0.3, 0.4) is 0 Å². The molecular weight excluding hydrogens is 250 g/mol. The Morgan fingerprint density at radius 2 is 1.95 bits per heavy atom. The van der Waals surface area contributed by atoms with Crippen LogP contribution in [-0.2, 0) is 4.79 Å². The third-order valence-corrected chi connectivity index (χ3v) is 5.54. The molecule has 1 aliphatic carbocycles. The Morgan fingerprint density at radius 3 is 2.35 bits per heavy atom. The van der Waals surface area contributed by atoms with Crippen molar-refractivity contribution in [2.45, 2.75) is 64.5 Å². The van der Waals surface area contributed by atoms with E-state index in [9.17, 15) is 4.79 Å². The maximum absolute atomic E-state index is 12.5. The molecule has 1 aliphatic heterocycles. The average Bonchev–Trinajstić information content (AvgIpc) is 2.42. The van der Waals surface area contributed by atoms with Gasteiger partial charge < -0.3 is 15.5 Å². The number of amides is 1. The molecule has 0 spiro atoms. The molecule has 1 amide bonds. The fourth-order valence-corrected chi connectivity index (χ4v) is 3.57. The van der Waals surface area contributed by atoms with E-state index in [0.29, 0.717) is 31.0 Å². The molecule has 4 heteroatoms. The molecule has 0 unspecified atom stereocenters. The normalized spacial score (nSPS) is 23.6. The summed E-state index contributed by atoms with van der Waals surface area (Å²) in [4.78, 5) is 17.0. The number of nitrogens with zero attached hydrogens (tertiary/aromatic N) is 2. The first-order valence-electron chi connectivity index (χ1n) is 8.17. The van der Waals surface area contributed by atoms with Gasteiger partial charge in [-0.3, -0.25) is 4.79 Å². The predicted molar refractivity (Wildman–Crippen MR) is 82.5 cm³/mol. The fraction of sp³-hybridized carbons (Fsp3) is 0.938. The number of hydrogen-bond donors (Lipinski definition) is 1. The number of piperidine rings is 1. The fourth-order valence-electron chi connectivity index (χ4n) is 3.57. The van der Waals surface area contributed by atoms with Gasteiger partial charge in [0.05, 0.1) is 0 Å². The second-order valence-corrected chi connectivity index (χ2v) is 7.10. The van der Waals surface area contributed by atoms with E-state index in [4.69, 9.17) is 5.73 Å². The average molecular weight is 281 g/mol. The van der Waals surface area contributed by atoms with Gasteiger partial charge in [-0.05, 0) is 51.5 Å². The standard InChI is InChI=1S/C16H31N3O/c1-13(2)19-9-5-14(6-10-19)18(3)15(20)11-16(12-17)7-4-8-16/h13-14H,4-12,17H2,1-3H3. The number of carbonyl (C=O) groups is 1. The largest absolute Gasteiger partial charge is 0.343 e. The highest BCUT2D eigenvalue weighted by atomic mass is 16.2. The van der Waals surface area contributed by atoms with E-state index in [-0.39, 0.29) is 5.41 Å². The van der Waals surface area contributed by atoms with Crippen LogP contribution in [0.1, 0.15) is 52.4 Å². The minimum absolute atomic E-state index is 0.129. The zero-order valence-corrected chi connectivity index (χ0v) is 13.4. The van der Waals surface area contributed by atoms with Crippen molar-refractivity contribution >= 4 is 5.91 Å². The van der Waals surface area contributed by atoms with Crippen LogP contribution in [0.15, 0.2) is 0 Å². The van der Waals surface area contributed by atoms with E-state index < -0.39 is 0 Å². The lowest BCUT2D eigenvalue weighted by molar-refractivity contribution is -0.136. The van der Waals surface area contributed by atoms with Crippen LogP contribution in [0.25, 0.3) is 0 Å². The van der Waals surface area contributed by atoms with E-state index in [2.05, 4.69) is 18.7 Å². The van der Waals surface area contributed by atoms with Gasteiger partial charge in [-0.1, -0.05) is 6.42 Å². The molecule has 2 fully saturated rings. The van der Waals surface area contributed by atoms with Crippen LogP contribution in [0.4, 0.5) is 0 Å². The van der Waals surface area contributed by atoms with Crippen molar-refractivity contribution in [3.63, 3.8) is 0 Å². The van der Waals surface area contributed by atoms with Crippen LogP contribution < -0.4 is 5.73 Å². The summed E-state index contributed by atoms with van der Waals surface area (Å²) in [6.45, 7) is 7.38. The summed E-state index contributed by atoms with van der Waals surface area (Å²) in [6.07, 6.45) is 6.38. The smallest absolute Gasteiger partial charge is 0.223 e. The molecule has 2 N–H and O–H groups in total. The van der Waals surface area contributed by atoms with E-state index in [1.807, 2.05) is 11.9 Å².